The molecule has 2 N–H and O–H groups in total. The Morgan fingerprint density at radius 2 is 1.71 bits per heavy atom. The average Bonchev–Trinajstić information content (AvgIpc) is 2.89. The monoisotopic (exact) mass is 291 g/mol. The van der Waals surface area contributed by atoms with Crippen LogP contribution in [-0.2, 0) is 13.0 Å². The highest BCUT2D eigenvalue weighted by Gasteiger charge is 2.12. The SMILES string of the molecule is Cc1ccccc1Cc1nnc(CN(CCO)CCO)o1. The lowest BCUT2D eigenvalue weighted by Crippen LogP contribution is -2.29. The molecule has 0 aliphatic heterocycles. The van der Waals surface area contributed by atoms with Crippen LogP contribution >= 0.6 is 0 Å². The topological polar surface area (TPSA) is 82.6 Å². The summed E-state index contributed by atoms with van der Waals surface area (Å²) in [7, 11) is 0. The van der Waals surface area contributed by atoms with Crippen LogP contribution in [0.5, 0.6) is 0 Å². The third kappa shape index (κ3) is 4.63. The second-order valence-corrected chi connectivity index (χ2v) is 4.92. The van der Waals surface area contributed by atoms with E-state index in [0.29, 0.717) is 37.8 Å². The van der Waals surface area contributed by atoms with E-state index >= 15 is 0 Å². The van der Waals surface area contributed by atoms with Crippen LogP contribution in [0.1, 0.15) is 22.9 Å². The van der Waals surface area contributed by atoms with Gasteiger partial charge in [-0.25, -0.2) is 0 Å². The van der Waals surface area contributed by atoms with E-state index in [4.69, 9.17) is 14.6 Å². The van der Waals surface area contributed by atoms with Gasteiger partial charge in [-0.1, -0.05) is 24.3 Å². The lowest BCUT2D eigenvalue weighted by atomic mass is 10.1. The predicted molar refractivity (Wildman–Crippen MR) is 77.7 cm³/mol. The molecule has 0 saturated heterocycles. The van der Waals surface area contributed by atoms with Gasteiger partial charge in [0.15, 0.2) is 0 Å². The maximum Gasteiger partial charge on any atom is 0.230 e. The molecule has 0 amide bonds. The summed E-state index contributed by atoms with van der Waals surface area (Å²) < 4.78 is 5.64. The lowest BCUT2D eigenvalue weighted by molar-refractivity contribution is 0.146. The number of hydrogen-bond donors (Lipinski definition) is 2. The number of aliphatic hydroxyl groups excluding tert-OH is 2. The highest BCUT2D eigenvalue weighted by atomic mass is 16.4. The molecule has 0 aliphatic rings. The number of aryl methyl sites for hydroxylation is 1. The molecule has 2 aromatic rings. The summed E-state index contributed by atoms with van der Waals surface area (Å²) in [5.41, 5.74) is 2.36. The zero-order valence-corrected chi connectivity index (χ0v) is 12.2. The van der Waals surface area contributed by atoms with Gasteiger partial charge in [0.25, 0.3) is 0 Å². The Labute approximate surface area is 124 Å². The Hall–Kier alpha value is -1.76. The van der Waals surface area contributed by atoms with Gasteiger partial charge in [-0.05, 0) is 18.1 Å². The molecule has 0 aliphatic carbocycles. The van der Waals surface area contributed by atoms with Crippen LogP contribution in [0.4, 0.5) is 0 Å². The predicted octanol–water partition coefficient (Wildman–Crippen LogP) is 0.755. The number of aliphatic hydroxyl groups is 2. The fourth-order valence-electron chi connectivity index (χ4n) is 2.14. The van der Waals surface area contributed by atoms with E-state index in [-0.39, 0.29) is 13.2 Å². The van der Waals surface area contributed by atoms with Crippen LogP contribution in [-0.4, -0.2) is 51.6 Å². The average molecular weight is 291 g/mol. The fraction of sp³-hybridized carbons (Fsp3) is 0.467. The largest absolute Gasteiger partial charge is 0.424 e. The Bertz CT molecular complexity index is 551. The van der Waals surface area contributed by atoms with Crippen LogP contribution < -0.4 is 0 Å². The molecule has 0 spiro atoms. The number of aromatic nitrogens is 2. The summed E-state index contributed by atoms with van der Waals surface area (Å²) in [6.45, 7) is 3.49. The molecule has 114 valence electrons. The molecule has 1 aromatic carbocycles. The van der Waals surface area contributed by atoms with Crippen LogP contribution in [0.2, 0.25) is 0 Å². The van der Waals surface area contributed by atoms with Gasteiger partial charge < -0.3 is 14.6 Å². The molecule has 6 nitrogen and oxygen atoms in total. The summed E-state index contributed by atoms with van der Waals surface area (Å²) in [5, 5.41) is 26.0. The molecule has 0 bridgehead atoms. The molecule has 1 aromatic heterocycles. The van der Waals surface area contributed by atoms with Crippen LogP contribution in [0.25, 0.3) is 0 Å². The maximum absolute atomic E-state index is 8.98. The van der Waals surface area contributed by atoms with E-state index in [0.717, 1.165) is 5.56 Å². The van der Waals surface area contributed by atoms with Crippen molar-refractivity contribution in [2.45, 2.75) is 19.9 Å². The second-order valence-electron chi connectivity index (χ2n) is 4.92. The second kappa shape index (κ2) is 7.87. The summed E-state index contributed by atoms with van der Waals surface area (Å²) in [4.78, 5) is 1.87. The quantitative estimate of drug-likeness (QED) is 0.747. The van der Waals surface area contributed by atoms with Crippen molar-refractivity contribution in [3.63, 3.8) is 0 Å². The third-order valence-corrected chi connectivity index (χ3v) is 3.30. The Morgan fingerprint density at radius 1 is 1.05 bits per heavy atom. The van der Waals surface area contributed by atoms with Crippen molar-refractivity contribution >= 4 is 0 Å². The van der Waals surface area contributed by atoms with Gasteiger partial charge in [-0.2, -0.15) is 0 Å². The molecule has 0 saturated carbocycles. The van der Waals surface area contributed by atoms with Crippen molar-refractivity contribution in [3.05, 3.63) is 47.2 Å². The minimum Gasteiger partial charge on any atom is -0.424 e. The smallest absolute Gasteiger partial charge is 0.230 e. The van der Waals surface area contributed by atoms with Crippen molar-refractivity contribution in [2.24, 2.45) is 0 Å². The van der Waals surface area contributed by atoms with Crippen molar-refractivity contribution in [2.75, 3.05) is 26.3 Å². The van der Waals surface area contributed by atoms with Gasteiger partial charge in [-0.15, -0.1) is 10.2 Å². The van der Waals surface area contributed by atoms with Crippen molar-refractivity contribution in [1.29, 1.82) is 0 Å². The van der Waals surface area contributed by atoms with Crippen LogP contribution in [0.15, 0.2) is 28.7 Å². The van der Waals surface area contributed by atoms with Gasteiger partial charge >= 0.3 is 0 Å². The molecular weight excluding hydrogens is 270 g/mol. The Morgan fingerprint density at radius 3 is 2.38 bits per heavy atom. The molecule has 2 rings (SSSR count). The molecule has 21 heavy (non-hydrogen) atoms. The van der Waals surface area contributed by atoms with E-state index in [1.165, 1.54) is 5.56 Å². The van der Waals surface area contributed by atoms with Crippen LogP contribution in [0, 0.1) is 6.92 Å². The standard InChI is InChI=1S/C15H21N3O3/c1-12-4-2-3-5-13(12)10-14-16-17-15(21-14)11-18(6-8-19)7-9-20/h2-5,19-20H,6-11H2,1H3. The molecule has 0 atom stereocenters. The first-order valence-electron chi connectivity index (χ1n) is 7.02. The zero-order valence-electron chi connectivity index (χ0n) is 12.2. The fourth-order valence-corrected chi connectivity index (χ4v) is 2.14. The summed E-state index contributed by atoms with van der Waals surface area (Å²) in [5.74, 6) is 1.08. The van der Waals surface area contributed by atoms with E-state index in [2.05, 4.69) is 23.2 Å². The van der Waals surface area contributed by atoms with Crippen molar-refractivity contribution < 1.29 is 14.6 Å². The summed E-state index contributed by atoms with van der Waals surface area (Å²) in [6.07, 6.45) is 0.611. The van der Waals surface area contributed by atoms with E-state index in [9.17, 15) is 0 Å². The number of nitrogens with zero attached hydrogens (tertiary/aromatic N) is 3. The molecule has 0 unspecified atom stereocenters. The molecule has 6 heteroatoms. The molecule has 0 radical (unpaired) electrons. The Balaban J connectivity index is 1.99. The first-order chi connectivity index (χ1) is 10.2. The van der Waals surface area contributed by atoms with Crippen LogP contribution in [0.3, 0.4) is 0 Å². The Kier molecular flexibility index (Phi) is 5.86. The minimum atomic E-state index is 0.0319. The lowest BCUT2D eigenvalue weighted by Gasteiger charge is -2.17. The highest BCUT2D eigenvalue weighted by Crippen LogP contribution is 2.13. The summed E-state index contributed by atoms with van der Waals surface area (Å²) >= 11 is 0. The van der Waals surface area contributed by atoms with E-state index < -0.39 is 0 Å². The normalized spacial score (nSPS) is 11.2. The third-order valence-electron chi connectivity index (χ3n) is 3.30. The van der Waals surface area contributed by atoms with Crippen molar-refractivity contribution in [1.82, 2.24) is 15.1 Å². The first kappa shape index (κ1) is 15.6. The van der Waals surface area contributed by atoms with E-state index in [1.807, 2.05) is 23.1 Å². The maximum atomic E-state index is 8.98. The summed E-state index contributed by atoms with van der Waals surface area (Å²) in [6, 6.07) is 8.09. The molecular formula is C15H21N3O3. The molecule has 0 fully saturated rings. The van der Waals surface area contributed by atoms with Gasteiger partial charge in [0, 0.05) is 13.1 Å². The van der Waals surface area contributed by atoms with Gasteiger partial charge in [0.05, 0.1) is 26.2 Å². The number of hydrogen-bond acceptors (Lipinski definition) is 6. The number of benzene rings is 1. The van der Waals surface area contributed by atoms with Crippen molar-refractivity contribution in [3.8, 4) is 0 Å². The number of rotatable bonds is 8. The zero-order chi connectivity index (χ0) is 15.1. The minimum absolute atomic E-state index is 0.0319. The van der Waals surface area contributed by atoms with E-state index in [1.54, 1.807) is 0 Å². The van der Waals surface area contributed by atoms with Gasteiger partial charge in [0.2, 0.25) is 11.8 Å². The highest BCUT2D eigenvalue weighted by molar-refractivity contribution is 5.27. The molecule has 1 heterocycles. The van der Waals surface area contributed by atoms with Gasteiger partial charge in [0.1, 0.15) is 0 Å². The first-order valence-corrected chi connectivity index (χ1v) is 7.02. The van der Waals surface area contributed by atoms with Gasteiger partial charge in [-0.3, -0.25) is 4.90 Å².